The number of benzene rings is 2. The Morgan fingerprint density at radius 1 is 1.14 bits per heavy atom. The average Bonchev–Trinajstić information content (AvgIpc) is 3.33. The van der Waals surface area contributed by atoms with E-state index in [1.165, 1.54) is 4.90 Å². The molecule has 2 heterocycles. The van der Waals surface area contributed by atoms with Gasteiger partial charge in [-0.3, -0.25) is 14.6 Å². The normalized spacial score (nSPS) is 14.2. The summed E-state index contributed by atoms with van der Waals surface area (Å²) >= 11 is 3.33. The minimum atomic E-state index is 0.136. The van der Waals surface area contributed by atoms with Crippen LogP contribution in [0.15, 0.2) is 47.4 Å². The molecule has 0 bridgehead atoms. The van der Waals surface area contributed by atoms with Crippen LogP contribution in [0.25, 0.3) is 10.2 Å². The molecule has 1 fully saturated rings. The van der Waals surface area contributed by atoms with Crippen molar-refractivity contribution >= 4 is 44.4 Å². The van der Waals surface area contributed by atoms with Gasteiger partial charge in [0.25, 0.3) is 0 Å². The summed E-state index contributed by atoms with van der Waals surface area (Å²) in [5, 5.41) is 0.772. The van der Waals surface area contributed by atoms with Crippen LogP contribution >= 0.6 is 23.1 Å². The van der Waals surface area contributed by atoms with E-state index in [1.54, 1.807) is 30.2 Å². The summed E-state index contributed by atoms with van der Waals surface area (Å²) in [6.07, 6.45) is 2.22. The number of carbonyl (C=O) groups is 1. The quantitative estimate of drug-likeness (QED) is 0.219. The van der Waals surface area contributed by atoms with Crippen molar-refractivity contribution in [2.75, 3.05) is 63.8 Å². The van der Waals surface area contributed by atoms with E-state index in [4.69, 9.17) is 19.2 Å². The molecule has 1 aromatic heterocycles. The van der Waals surface area contributed by atoms with Crippen LogP contribution in [0.4, 0.5) is 5.13 Å². The molecule has 1 saturated heterocycles. The first kappa shape index (κ1) is 26.7. The fourth-order valence-corrected chi connectivity index (χ4v) is 5.98. The molecule has 0 atom stereocenters. The van der Waals surface area contributed by atoms with Crippen LogP contribution in [0.5, 0.6) is 11.5 Å². The summed E-state index contributed by atoms with van der Waals surface area (Å²) in [7, 11) is 1.67. The lowest BCUT2D eigenvalue weighted by atomic mass is 10.2. The number of carbonyl (C=O) groups excluding carboxylic acids is 1. The Morgan fingerprint density at radius 3 is 2.67 bits per heavy atom. The highest BCUT2D eigenvalue weighted by Crippen LogP contribution is 2.32. The number of hydrogen-bond acceptors (Lipinski definition) is 8. The predicted octanol–water partition coefficient (Wildman–Crippen LogP) is 5.33. The van der Waals surface area contributed by atoms with Gasteiger partial charge >= 0.3 is 0 Å². The average molecular weight is 530 g/mol. The number of hydrogen-bond donors (Lipinski definition) is 0. The number of thioether (sulfide) groups is 1. The van der Waals surface area contributed by atoms with Gasteiger partial charge in [-0.25, -0.2) is 4.98 Å². The molecule has 0 aliphatic carbocycles. The second kappa shape index (κ2) is 13.8. The van der Waals surface area contributed by atoms with Crippen molar-refractivity contribution in [3.05, 3.63) is 42.5 Å². The van der Waals surface area contributed by atoms with Crippen molar-refractivity contribution in [2.24, 2.45) is 0 Å². The number of anilines is 1. The fourth-order valence-electron chi connectivity index (χ4n) is 4.09. The van der Waals surface area contributed by atoms with E-state index in [2.05, 4.69) is 17.0 Å². The first-order valence-electron chi connectivity index (χ1n) is 12.6. The fraction of sp³-hybridized carbons (Fsp3) is 0.481. The molecule has 36 heavy (non-hydrogen) atoms. The van der Waals surface area contributed by atoms with Gasteiger partial charge in [-0.05, 0) is 68.0 Å². The van der Waals surface area contributed by atoms with Crippen LogP contribution in [0.3, 0.4) is 0 Å². The summed E-state index contributed by atoms with van der Waals surface area (Å²) in [6.45, 7) is 7.71. The van der Waals surface area contributed by atoms with E-state index in [-0.39, 0.29) is 5.91 Å². The Morgan fingerprint density at radius 2 is 1.92 bits per heavy atom. The monoisotopic (exact) mass is 529 g/mol. The maximum Gasteiger partial charge on any atom is 0.228 e. The SMILES string of the molecule is CCOc1ccc2nc(N(CCCN3CCOCC3)C(=O)CCCSc3ccc(OC)cc3)sc2c1. The van der Waals surface area contributed by atoms with E-state index in [9.17, 15) is 4.79 Å². The van der Waals surface area contributed by atoms with Crippen molar-refractivity contribution < 1.29 is 19.0 Å². The number of thiazole rings is 1. The minimum absolute atomic E-state index is 0.136. The lowest BCUT2D eigenvalue weighted by molar-refractivity contribution is -0.118. The zero-order valence-electron chi connectivity index (χ0n) is 21.1. The van der Waals surface area contributed by atoms with E-state index in [1.807, 2.05) is 42.2 Å². The summed E-state index contributed by atoms with van der Waals surface area (Å²) in [5.74, 6) is 2.71. The molecule has 0 radical (unpaired) electrons. The molecule has 0 saturated carbocycles. The summed E-state index contributed by atoms with van der Waals surface area (Å²) in [5.41, 5.74) is 0.902. The predicted molar refractivity (Wildman–Crippen MR) is 148 cm³/mol. The van der Waals surface area contributed by atoms with Gasteiger partial charge in [0.2, 0.25) is 5.91 Å². The van der Waals surface area contributed by atoms with Crippen LogP contribution < -0.4 is 14.4 Å². The first-order valence-corrected chi connectivity index (χ1v) is 14.4. The maximum absolute atomic E-state index is 13.4. The number of rotatable bonds is 13. The standard InChI is InChI=1S/C27H35N3O4S2/c1-3-34-22-9-12-24-25(20-22)36-27(28-24)30(14-5-13-29-15-17-33-18-16-29)26(31)6-4-19-35-23-10-7-21(32-2)8-11-23/h7-12,20H,3-6,13-19H2,1-2H3. The van der Waals surface area contributed by atoms with Gasteiger partial charge < -0.3 is 14.2 Å². The molecular weight excluding hydrogens is 494 g/mol. The number of aromatic nitrogens is 1. The molecule has 0 N–H and O–H groups in total. The molecular formula is C27H35N3O4S2. The third-order valence-electron chi connectivity index (χ3n) is 6.01. The van der Waals surface area contributed by atoms with Gasteiger partial charge in [0.15, 0.2) is 5.13 Å². The second-order valence-electron chi connectivity index (χ2n) is 8.54. The number of ether oxygens (including phenoxy) is 3. The van der Waals surface area contributed by atoms with E-state index >= 15 is 0 Å². The highest BCUT2D eigenvalue weighted by Gasteiger charge is 2.20. The lowest BCUT2D eigenvalue weighted by Gasteiger charge is -2.27. The van der Waals surface area contributed by atoms with Gasteiger partial charge in [0, 0.05) is 37.5 Å². The first-order chi connectivity index (χ1) is 17.7. The minimum Gasteiger partial charge on any atom is -0.497 e. The molecule has 0 spiro atoms. The highest BCUT2D eigenvalue weighted by atomic mass is 32.2. The molecule has 9 heteroatoms. The van der Waals surface area contributed by atoms with Gasteiger partial charge in [0.1, 0.15) is 11.5 Å². The second-order valence-corrected chi connectivity index (χ2v) is 10.7. The molecule has 7 nitrogen and oxygen atoms in total. The zero-order valence-corrected chi connectivity index (χ0v) is 22.7. The largest absolute Gasteiger partial charge is 0.497 e. The van der Waals surface area contributed by atoms with E-state index in [0.717, 1.165) is 78.3 Å². The van der Waals surface area contributed by atoms with Crippen molar-refractivity contribution in [3.8, 4) is 11.5 Å². The zero-order chi connectivity index (χ0) is 25.2. The van der Waals surface area contributed by atoms with E-state index in [0.29, 0.717) is 19.6 Å². The van der Waals surface area contributed by atoms with Gasteiger partial charge in [-0.1, -0.05) is 11.3 Å². The summed E-state index contributed by atoms with van der Waals surface area (Å²) < 4.78 is 17.4. The van der Waals surface area contributed by atoms with E-state index < -0.39 is 0 Å². The molecule has 1 aliphatic heterocycles. The molecule has 0 unspecified atom stereocenters. The number of fused-ring (bicyclic) bond motifs is 1. The third kappa shape index (κ3) is 7.59. The van der Waals surface area contributed by atoms with Crippen molar-refractivity contribution in [2.45, 2.75) is 31.1 Å². The Labute approximate surface area is 221 Å². The summed E-state index contributed by atoms with van der Waals surface area (Å²) in [4.78, 5) is 23.7. The van der Waals surface area contributed by atoms with Crippen LogP contribution in [-0.2, 0) is 9.53 Å². The van der Waals surface area contributed by atoms with Crippen LogP contribution in [0.1, 0.15) is 26.2 Å². The maximum atomic E-state index is 13.4. The molecule has 1 amide bonds. The molecule has 4 rings (SSSR count). The van der Waals surface area contributed by atoms with Crippen molar-refractivity contribution in [1.29, 1.82) is 0 Å². The molecule has 194 valence electrons. The highest BCUT2D eigenvalue weighted by molar-refractivity contribution is 7.99. The van der Waals surface area contributed by atoms with Crippen molar-refractivity contribution in [1.82, 2.24) is 9.88 Å². The van der Waals surface area contributed by atoms with Crippen LogP contribution in [0.2, 0.25) is 0 Å². The number of nitrogens with zero attached hydrogens (tertiary/aromatic N) is 3. The molecule has 3 aromatic rings. The Kier molecular flexibility index (Phi) is 10.3. The lowest BCUT2D eigenvalue weighted by Crippen LogP contribution is -2.39. The summed E-state index contributed by atoms with van der Waals surface area (Å²) in [6, 6.07) is 14.0. The Hall–Kier alpha value is -2.33. The van der Waals surface area contributed by atoms with Gasteiger partial charge in [-0.15, -0.1) is 11.8 Å². The smallest absolute Gasteiger partial charge is 0.228 e. The number of amides is 1. The van der Waals surface area contributed by atoms with Gasteiger partial charge in [0.05, 0.1) is 37.1 Å². The van der Waals surface area contributed by atoms with Crippen LogP contribution in [-0.4, -0.2) is 74.7 Å². The third-order valence-corrected chi connectivity index (χ3v) is 8.15. The Balaban J connectivity index is 1.38. The number of methoxy groups -OCH3 is 1. The molecule has 1 aliphatic rings. The topological polar surface area (TPSA) is 64.1 Å². The number of morpholine rings is 1. The van der Waals surface area contributed by atoms with Crippen molar-refractivity contribution in [3.63, 3.8) is 0 Å². The van der Waals surface area contributed by atoms with Crippen LogP contribution in [0, 0.1) is 0 Å². The Bertz CT molecular complexity index is 1100. The van der Waals surface area contributed by atoms with Gasteiger partial charge in [-0.2, -0.15) is 0 Å². The molecule has 2 aromatic carbocycles.